The van der Waals surface area contributed by atoms with Gasteiger partial charge in [-0.1, -0.05) is 12.8 Å². The average Bonchev–Trinajstić information content (AvgIpc) is 2.68. The number of hydrogen-bond donors (Lipinski definition) is 1. The van der Waals surface area contributed by atoms with Crippen LogP contribution in [0.5, 0.6) is 0 Å². The van der Waals surface area contributed by atoms with Crippen molar-refractivity contribution in [2.45, 2.75) is 57.5 Å². The summed E-state index contributed by atoms with van der Waals surface area (Å²) in [7, 11) is 0. The van der Waals surface area contributed by atoms with Crippen LogP contribution in [0.2, 0.25) is 0 Å². The third-order valence-corrected chi connectivity index (χ3v) is 4.97. The van der Waals surface area contributed by atoms with Crippen LogP contribution in [0.15, 0.2) is 0 Å². The predicted molar refractivity (Wildman–Crippen MR) is 65.6 cm³/mol. The molecular weight excluding hydrogens is 230 g/mol. The molecule has 0 unspecified atom stereocenters. The quantitative estimate of drug-likeness (QED) is 0.756. The second-order valence-corrected chi connectivity index (χ2v) is 6.45. The summed E-state index contributed by atoms with van der Waals surface area (Å²) in [5, 5.41) is 9.26. The van der Waals surface area contributed by atoms with Crippen molar-refractivity contribution in [1.29, 1.82) is 0 Å². The molecule has 0 atom stereocenters. The molecule has 1 spiro atoms. The van der Waals surface area contributed by atoms with Crippen molar-refractivity contribution >= 4 is 11.8 Å². The van der Waals surface area contributed by atoms with Gasteiger partial charge in [0.05, 0.1) is 6.10 Å². The van der Waals surface area contributed by atoms with E-state index in [0.717, 1.165) is 38.5 Å². The van der Waals surface area contributed by atoms with E-state index >= 15 is 0 Å². The zero-order valence-electron chi connectivity index (χ0n) is 10.7. The fourth-order valence-corrected chi connectivity index (χ4v) is 3.82. The van der Waals surface area contributed by atoms with Crippen LogP contribution in [0.3, 0.4) is 0 Å². The Kier molecular flexibility index (Phi) is 2.93. The fourth-order valence-electron chi connectivity index (χ4n) is 3.82. The molecule has 1 saturated heterocycles. The third kappa shape index (κ3) is 2.07. The largest absolute Gasteiger partial charge is 0.393 e. The fraction of sp³-hybridized carbons (Fsp3) is 0.857. The number of aliphatic hydroxyl groups excluding tert-OH is 1. The molecule has 4 heteroatoms. The third-order valence-electron chi connectivity index (χ3n) is 4.97. The maximum atomic E-state index is 12.2. The van der Waals surface area contributed by atoms with E-state index in [1.165, 1.54) is 4.90 Å². The van der Waals surface area contributed by atoms with Crippen LogP contribution in [0, 0.1) is 11.3 Å². The van der Waals surface area contributed by atoms with Crippen LogP contribution in [0.25, 0.3) is 0 Å². The molecule has 1 heterocycles. The van der Waals surface area contributed by atoms with E-state index in [4.69, 9.17) is 0 Å². The highest BCUT2D eigenvalue weighted by molar-refractivity contribution is 5.98. The maximum Gasteiger partial charge on any atom is 0.229 e. The van der Waals surface area contributed by atoms with Crippen molar-refractivity contribution < 1.29 is 14.7 Å². The molecule has 0 radical (unpaired) electrons. The van der Waals surface area contributed by atoms with Gasteiger partial charge < -0.3 is 5.11 Å². The van der Waals surface area contributed by atoms with E-state index in [-0.39, 0.29) is 23.3 Å². The summed E-state index contributed by atoms with van der Waals surface area (Å²) in [4.78, 5) is 25.8. The number of piperidine rings is 1. The van der Waals surface area contributed by atoms with Gasteiger partial charge in [-0.15, -0.1) is 0 Å². The number of aliphatic hydroxyl groups is 1. The van der Waals surface area contributed by atoms with E-state index in [1.807, 2.05) is 0 Å². The zero-order valence-corrected chi connectivity index (χ0v) is 10.7. The number of rotatable bonds is 2. The minimum atomic E-state index is -0.217. The van der Waals surface area contributed by atoms with Gasteiger partial charge in [0.15, 0.2) is 0 Å². The monoisotopic (exact) mass is 251 g/mol. The topological polar surface area (TPSA) is 57.6 Å². The highest BCUT2D eigenvalue weighted by Gasteiger charge is 2.46. The van der Waals surface area contributed by atoms with Gasteiger partial charge in [-0.3, -0.25) is 14.5 Å². The number of imide groups is 1. The van der Waals surface area contributed by atoms with E-state index in [2.05, 4.69) is 0 Å². The summed E-state index contributed by atoms with van der Waals surface area (Å²) >= 11 is 0. The SMILES string of the molecule is O=C1CC2(CCCC2)CC(=O)N1CC1CC(O)C1. The van der Waals surface area contributed by atoms with E-state index in [9.17, 15) is 14.7 Å². The second-order valence-electron chi connectivity index (χ2n) is 6.45. The Morgan fingerprint density at radius 2 is 1.67 bits per heavy atom. The van der Waals surface area contributed by atoms with Crippen molar-refractivity contribution in [2.24, 2.45) is 11.3 Å². The lowest BCUT2D eigenvalue weighted by Gasteiger charge is -2.41. The van der Waals surface area contributed by atoms with Crippen LogP contribution in [-0.4, -0.2) is 34.5 Å². The van der Waals surface area contributed by atoms with Gasteiger partial charge in [0.2, 0.25) is 11.8 Å². The lowest BCUT2D eigenvalue weighted by molar-refractivity contribution is -0.155. The molecule has 0 bridgehead atoms. The first-order chi connectivity index (χ1) is 8.58. The van der Waals surface area contributed by atoms with Gasteiger partial charge in [-0.25, -0.2) is 0 Å². The molecule has 3 fully saturated rings. The number of carbonyl (C=O) groups is 2. The van der Waals surface area contributed by atoms with Gasteiger partial charge in [0, 0.05) is 19.4 Å². The summed E-state index contributed by atoms with van der Waals surface area (Å²) in [6.45, 7) is 0.533. The standard InChI is InChI=1S/C14H21NO3/c16-11-5-10(6-11)9-15-12(17)7-14(8-13(15)18)3-1-2-4-14/h10-11,16H,1-9H2. The number of carbonyl (C=O) groups excluding carboxylic acids is 2. The number of nitrogens with zero attached hydrogens (tertiary/aromatic N) is 1. The Morgan fingerprint density at radius 3 is 2.17 bits per heavy atom. The van der Waals surface area contributed by atoms with Crippen LogP contribution < -0.4 is 0 Å². The van der Waals surface area contributed by atoms with Crippen LogP contribution in [0.1, 0.15) is 51.4 Å². The minimum Gasteiger partial charge on any atom is -0.393 e. The Bertz CT molecular complexity index is 347. The van der Waals surface area contributed by atoms with Crippen LogP contribution >= 0.6 is 0 Å². The first kappa shape index (κ1) is 12.2. The Balaban J connectivity index is 1.63. The molecular formula is C14H21NO3. The smallest absolute Gasteiger partial charge is 0.229 e. The highest BCUT2D eigenvalue weighted by Crippen LogP contribution is 2.47. The van der Waals surface area contributed by atoms with E-state index in [0.29, 0.717) is 25.3 Å². The summed E-state index contributed by atoms with van der Waals surface area (Å²) in [5.41, 5.74) is 0.00376. The molecule has 0 aromatic rings. The molecule has 3 rings (SSSR count). The molecule has 2 aliphatic carbocycles. The predicted octanol–water partition coefficient (Wildman–Crippen LogP) is 1.47. The molecule has 3 aliphatic rings. The van der Waals surface area contributed by atoms with Gasteiger partial charge in [-0.05, 0) is 37.0 Å². The summed E-state index contributed by atoms with van der Waals surface area (Å²) in [6, 6.07) is 0. The van der Waals surface area contributed by atoms with Gasteiger partial charge in [0.1, 0.15) is 0 Å². The average molecular weight is 251 g/mol. The van der Waals surface area contributed by atoms with Crippen molar-refractivity contribution in [3.05, 3.63) is 0 Å². The van der Waals surface area contributed by atoms with E-state index < -0.39 is 0 Å². The molecule has 0 aromatic carbocycles. The Morgan fingerprint density at radius 1 is 1.11 bits per heavy atom. The Labute approximate surface area is 107 Å². The summed E-state index contributed by atoms with van der Waals surface area (Å²) in [6.07, 6.45) is 6.80. The first-order valence-corrected chi connectivity index (χ1v) is 7.09. The number of hydrogen-bond acceptors (Lipinski definition) is 3. The second kappa shape index (κ2) is 4.34. The lowest BCUT2D eigenvalue weighted by Crippen LogP contribution is -2.50. The van der Waals surface area contributed by atoms with E-state index in [1.54, 1.807) is 0 Å². The molecule has 0 aromatic heterocycles. The Hall–Kier alpha value is -0.900. The van der Waals surface area contributed by atoms with Crippen molar-refractivity contribution in [3.8, 4) is 0 Å². The van der Waals surface area contributed by atoms with Crippen molar-refractivity contribution in [3.63, 3.8) is 0 Å². The van der Waals surface area contributed by atoms with Crippen LogP contribution in [-0.2, 0) is 9.59 Å². The molecule has 4 nitrogen and oxygen atoms in total. The molecule has 18 heavy (non-hydrogen) atoms. The minimum absolute atomic E-state index is 0.00376. The summed E-state index contributed by atoms with van der Waals surface area (Å²) < 4.78 is 0. The highest BCUT2D eigenvalue weighted by atomic mass is 16.3. The zero-order chi connectivity index (χ0) is 12.8. The van der Waals surface area contributed by atoms with Gasteiger partial charge in [-0.2, -0.15) is 0 Å². The van der Waals surface area contributed by atoms with Crippen LogP contribution in [0.4, 0.5) is 0 Å². The normalized spacial score (nSPS) is 35.1. The molecule has 1 aliphatic heterocycles. The first-order valence-electron chi connectivity index (χ1n) is 7.09. The molecule has 100 valence electrons. The number of likely N-dealkylation sites (tertiary alicyclic amines) is 1. The van der Waals surface area contributed by atoms with Crippen molar-refractivity contribution in [1.82, 2.24) is 4.90 Å². The van der Waals surface area contributed by atoms with Gasteiger partial charge >= 0.3 is 0 Å². The molecule has 1 N–H and O–H groups in total. The summed E-state index contributed by atoms with van der Waals surface area (Å²) in [5.74, 6) is 0.370. The molecule has 2 saturated carbocycles. The van der Waals surface area contributed by atoms with Crippen molar-refractivity contribution in [2.75, 3.05) is 6.54 Å². The lowest BCUT2D eigenvalue weighted by atomic mass is 9.75. The molecule has 2 amide bonds. The maximum absolute atomic E-state index is 12.2. The number of amides is 2. The van der Waals surface area contributed by atoms with Gasteiger partial charge in [0.25, 0.3) is 0 Å².